The third-order valence-electron chi connectivity index (χ3n) is 9.81. The monoisotopic (exact) mass is 671 g/mol. The van der Waals surface area contributed by atoms with Crippen molar-refractivity contribution in [1.82, 2.24) is 0 Å². The zero-order valence-corrected chi connectivity index (χ0v) is 30.0. The van der Waals surface area contributed by atoms with Crippen LogP contribution in [0.5, 0.6) is 5.75 Å². The number of anilines is 1. The summed E-state index contributed by atoms with van der Waals surface area (Å²) in [5.41, 5.74) is 6.34. The highest BCUT2D eigenvalue weighted by atomic mass is 28.4. The number of hydrogen-bond donors (Lipinski definition) is 1. The summed E-state index contributed by atoms with van der Waals surface area (Å²) in [6.45, 7) is 12.0. The summed E-state index contributed by atoms with van der Waals surface area (Å²) in [7, 11) is -0.616. The van der Waals surface area contributed by atoms with E-state index in [4.69, 9.17) is 23.4 Å². The van der Waals surface area contributed by atoms with Gasteiger partial charge in [-0.25, -0.2) is 4.79 Å². The minimum atomic E-state index is -2.02. The van der Waals surface area contributed by atoms with Gasteiger partial charge in [0.2, 0.25) is 0 Å². The zero-order valence-electron chi connectivity index (χ0n) is 29.0. The lowest BCUT2D eigenvalue weighted by Crippen LogP contribution is -2.50. The molecule has 3 aromatic carbocycles. The van der Waals surface area contributed by atoms with Gasteiger partial charge in [-0.2, -0.15) is 0 Å². The first kappa shape index (κ1) is 34.2. The Morgan fingerprint density at radius 1 is 0.896 bits per heavy atom. The van der Waals surface area contributed by atoms with Crippen molar-refractivity contribution in [3.05, 3.63) is 83.4 Å². The summed E-state index contributed by atoms with van der Waals surface area (Å²) in [6, 6.07) is 24.4. The number of carbonyl (C=O) groups is 2. The minimum absolute atomic E-state index is 0.0172. The molecule has 2 heterocycles. The molecule has 0 spiro atoms. The van der Waals surface area contributed by atoms with Crippen LogP contribution in [0.25, 0.3) is 11.1 Å². The smallest absolute Gasteiger partial charge is 0.411 e. The molecule has 0 saturated carbocycles. The van der Waals surface area contributed by atoms with Crippen LogP contribution in [0.15, 0.2) is 66.7 Å². The van der Waals surface area contributed by atoms with E-state index < -0.39 is 14.4 Å². The average molecular weight is 672 g/mol. The molecule has 0 aromatic heterocycles. The molecule has 48 heavy (non-hydrogen) atoms. The molecule has 2 aliphatic heterocycles. The van der Waals surface area contributed by atoms with Crippen LogP contribution in [0.2, 0.25) is 18.6 Å². The molecule has 4 unspecified atom stereocenters. The Morgan fingerprint density at radius 3 is 2.17 bits per heavy atom. The van der Waals surface area contributed by atoms with Crippen molar-refractivity contribution >= 4 is 26.1 Å². The van der Waals surface area contributed by atoms with Crippen molar-refractivity contribution in [2.75, 3.05) is 25.6 Å². The number of amides is 1. The largest absolute Gasteiger partial charge is 0.487 e. The van der Waals surface area contributed by atoms with E-state index in [1.165, 1.54) is 29.4 Å². The van der Waals surface area contributed by atoms with Gasteiger partial charge in [-0.15, -0.1) is 0 Å². The van der Waals surface area contributed by atoms with Gasteiger partial charge < -0.3 is 23.4 Å². The second-order valence-corrected chi connectivity index (χ2v) is 18.7. The molecular formula is C39H49NO7Si. The van der Waals surface area contributed by atoms with E-state index in [2.05, 4.69) is 63.8 Å². The average Bonchev–Trinajstić information content (AvgIpc) is 3.57. The first-order valence-corrected chi connectivity index (χ1v) is 20.1. The third-order valence-corrected chi connectivity index (χ3v) is 14.0. The van der Waals surface area contributed by atoms with E-state index in [9.17, 15) is 9.59 Å². The number of rotatable bonds is 12. The third kappa shape index (κ3) is 7.48. The molecule has 1 fully saturated rings. The summed E-state index contributed by atoms with van der Waals surface area (Å²) < 4.78 is 30.7. The fourth-order valence-corrected chi connectivity index (χ4v) is 12.6. The fourth-order valence-electron chi connectivity index (χ4n) is 8.19. The number of benzene rings is 3. The van der Waals surface area contributed by atoms with Gasteiger partial charge in [0.25, 0.3) is 0 Å². The standard InChI is InChI=1S/C39H49NO7Si/c1-24(2)22-48(6,23-25(3)4)45-21-36-38-33(18-27(46-36)19-37(41)43-5)32-17-26(15-16-35(32)47-38)40-39(42)44-20-34-30-13-9-7-11-28(30)29-12-8-10-14-31(29)34/h7-17,24-25,27,33-34,36,38H,18-23H2,1-6H3,(H,40,42). The van der Waals surface area contributed by atoms with E-state index in [0.717, 1.165) is 23.4 Å². The van der Waals surface area contributed by atoms with Crippen LogP contribution in [0.3, 0.4) is 0 Å². The predicted molar refractivity (Wildman–Crippen MR) is 189 cm³/mol. The number of carbonyl (C=O) groups excluding carboxylic acids is 2. The lowest BCUT2D eigenvalue weighted by molar-refractivity contribution is -0.155. The Labute approximate surface area is 285 Å². The quantitative estimate of drug-likeness (QED) is 0.152. The summed E-state index contributed by atoms with van der Waals surface area (Å²) >= 11 is 0. The fraction of sp³-hybridized carbons (Fsp3) is 0.487. The second-order valence-electron chi connectivity index (χ2n) is 14.7. The number of ether oxygens (including phenoxy) is 4. The number of esters is 1. The molecule has 0 radical (unpaired) electrons. The van der Waals surface area contributed by atoms with E-state index in [0.29, 0.717) is 30.6 Å². The number of fused-ring (bicyclic) bond motifs is 6. The van der Waals surface area contributed by atoms with Crippen LogP contribution in [-0.4, -0.2) is 59.0 Å². The van der Waals surface area contributed by atoms with Crippen LogP contribution in [-0.2, 0) is 23.4 Å². The Bertz CT molecular complexity index is 1570. The molecule has 1 saturated heterocycles. The summed E-state index contributed by atoms with van der Waals surface area (Å²) in [5, 5.41) is 2.94. The molecule has 9 heteroatoms. The summed E-state index contributed by atoms with van der Waals surface area (Å²) in [5.74, 6) is 1.51. The molecule has 4 atom stereocenters. The highest BCUT2D eigenvalue weighted by Gasteiger charge is 2.47. The molecule has 0 bridgehead atoms. The maximum absolute atomic E-state index is 13.1. The number of nitrogens with one attached hydrogen (secondary N) is 1. The Hall–Kier alpha value is -3.66. The minimum Gasteiger partial charge on any atom is -0.487 e. The van der Waals surface area contributed by atoms with Gasteiger partial charge in [0, 0.05) is 23.1 Å². The molecule has 6 rings (SSSR count). The molecule has 1 N–H and O–H groups in total. The Kier molecular flexibility index (Phi) is 10.3. The second kappa shape index (κ2) is 14.4. The summed E-state index contributed by atoms with van der Waals surface area (Å²) in [4.78, 5) is 25.5. The van der Waals surface area contributed by atoms with Crippen molar-refractivity contribution in [1.29, 1.82) is 0 Å². The Balaban J connectivity index is 1.15. The molecule has 3 aromatic rings. The SMILES string of the molecule is COC(=O)CC1CC2c3cc(NC(=O)OCC4c5ccccc5-c5ccccc54)ccc3OC2C(CO[Si](C)(CC(C)C)CC(C)C)O1. The lowest BCUT2D eigenvalue weighted by atomic mass is 9.84. The highest BCUT2D eigenvalue weighted by molar-refractivity contribution is 6.72. The molecule has 1 aliphatic carbocycles. The molecule has 1 amide bonds. The van der Waals surface area contributed by atoms with Crippen molar-refractivity contribution < 1.29 is 33.0 Å². The normalized spacial score (nSPS) is 21.2. The van der Waals surface area contributed by atoms with Crippen molar-refractivity contribution in [3.63, 3.8) is 0 Å². The van der Waals surface area contributed by atoms with Crippen molar-refractivity contribution in [2.45, 2.75) is 89.3 Å². The van der Waals surface area contributed by atoms with Gasteiger partial charge in [0.15, 0.2) is 8.32 Å². The van der Waals surface area contributed by atoms with Gasteiger partial charge >= 0.3 is 12.1 Å². The van der Waals surface area contributed by atoms with Crippen molar-refractivity contribution in [3.8, 4) is 16.9 Å². The van der Waals surface area contributed by atoms with E-state index >= 15 is 0 Å². The van der Waals surface area contributed by atoms with E-state index in [1.54, 1.807) is 0 Å². The Morgan fingerprint density at radius 2 is 1.54 bits per heavy atom. The van der Waals surface area contributed by atoms with Crippen LogP contribution in [0.1, 0.15) is 69.1 Å². The molecule has 3 aliphatic rings. The van der Waals surface area contributed by atoms with Crippen LogP contribution in [0, 0.1) is 11.8 Å². The molecule has 8 nitrogen and oxygen atoms in total. The van der Waals surface area contributed by atoms with Gasteiger partial charge in [0.1, 0.15) is 24.6 Å². The topological polar surface area (TPSA) is 92.3 Å². The van der Waals surface area contributed by atoms with Gasteiger partial charge in [0.05, 0.1) is 26.2 Å². The molecular weight excluding hydrogens is 623 g/mol. The van der Waals surface area contributed by atoms with Gasteiger partial charge in [-0.05, 0) is 77.3 Å². The highest BCUT2D eigenvalue weighted by Crippen LogP contribution is 2.48. The zero-order chi connectivity index (χ0) is 34.0. The van der Waals surface area contributed by atoms with Crippen LogP contribution in [0.4, 0.5) is 10.5 Å². The lowest BCUT2D eigenvalue weighted by Gasteiger charge is -2.40. The van der Waals surface area contributed by atoms with Crippen LogP contribution < -0.4 is 10.1 Å². The van der Waals surface area contributed by atoms with Crippen molar-refractivity contribution in [2.24, 2.45) is 11.8 Å². The maximum Gasteiger partial charge on any atom is 0.411 e. The van der Waals surface area contributed by atoms with Crippen LogP contribution >= 0.6 is 0 Å². The molecule has 256 valence electrons. The number of hydrogen-bond acceptors (Lipinski definition) is 7. The van der Waals surface area contributed by atoms with Gasteiger partial charge in [-0.1, -0.05) is 76.2 Å². The first-order chi connectivity index (χ1) is 23.0. The number of methoxy groups -OCH3 is 1. The maximum atomic E-state index is 13.1. The predicted octanol–water partition coefficient (Wildman–Crippen LogP) is 8.52. The first-order valence-electron chi connectivity index (χ1n) is 17.3. The van der Waals surface area contributed by atoms with E-state index in [1.807, 2.05) is 42.5 Å². The van der Waals surface area contributed by atoms with E-state index in [-0.39, 0.29) is 49.1 Å². The summed E-state index contributed by atoms with van der Waals surface area (Å²) in [6.07, 6.45) is -0.664. The van der Waals surface area contributed by atoms with Gasteiger partial charge in [-0.3, -0.25) is 10.1 Å².